The standard InChI is InChI=1S/C5H8F4O3S/c6-4(7,2-1-3-10)5(8,9)13(11)12/h10H,1-3H2,(H,11,12). The highest BCUT2D eigenvalue weighted by Gasteiger charge is 2.60. The van der Waals surface area contributed by atoms with Crippen LogP contribution in [0.3, 0.4) is 0 Å². The highest BCUT2D eigenvalue weighted by molar-refractivity contribution is 7.80. The molecule has 1 atom stereocenters. The molecule has 0 bridgehead atoms. The Morgan fingerprint density at radius 1 is 1.23 bits per heavy atom. The predicted octanol–water partition coefficient (Wildman–Crippen LogP) is 1.21. The summed E-state index contributed by atoms with van der Waals surface area (Å²) in [5, 5.41) is 3.15. The summed E-state index contributed by atoms with van der Waals surface area (Å²) in [5.74, 6) is -4.57. The molecule has 0 saturated heterocycles. The van der Waals surface area contributed by atoms with Gasteiger partial charge in [0.15, 0.2) is 0 Å². The van der Waals surface area contributed by atoms with Gasteiger partial charge in [-0.05, 0) is 6.42 Å². The van der Waals surface area contributed by atoms with E-state index in [9.17, 15) is 21.8 Å². The van der Waals surface area contributed by atoms with Crippen molar-refractivity contribution in [2.24, 2.45) is 0 Å². The minimum atomic E-state index is -4.97. The maximum absolute atomic E-state index is 12.4. The molecule has 80 valence electrons. The number of aliphatic hydroxyl groups excluding tert-OH is 1. The summed E-state index contributed by atoms with van der Waals surface area (Å²) in [6.07, 6.45) is -1.89. The molecule has 0 amide bonds. The zero-order chi connectivity index (χ0) is 10.7. The Kier molecular flexibility index (Phi) is 4.27. The van der Waals surface area contributed by atoms with Crippen molar-refractivity contribution in [3.05, 3.63) is 0 Å². The van der Waals surface area contributed by atoms with Gasteiger partial charge in [-0.3, -0.25) is 0 Å². The molecule has 0 aromatic heterocycles. The Labute approximate surface area is 74.0 Å². The van der Waals surface area contributed by atoms with Crippen molar-refractivity contribution in [1.29, 1.82) is 0 Å². The van der Waals surface area contributed by atoms with Crippen LogP contribution in [0.15, 0.2) is 0 Å². The van der Waals surface area contributed by atoms with E-state index in [4.69, 9.17) is 9.66 Å². The molecule has 0 aliphatic heterocycles. The second-order valence-corrected chi connectivity index (χ2v) is 3.31. The molecule has 0 aromatic rings. The minimum Gasteiger partial charge on any atom is -0.396 e. The van der Waals surface area contributed by atoms with Crippen molar-refractivity contribution < 1.29 is 31.4 Å². The van der Waals surface area contributed by atoms with Gasteiger partial charge in [0.25, 0.3) is 0 Å². The van der Waals surface area contributed by atoms with Gasteiger partial charge in [-0.2, -0.15) is 17.6 Å². The third-order valence-corrected chi connectivity index (χ3v) is 2.03. The molecular formula is C5H8F4O3S. The molecular weight excluding hydrogens is 216 g/mol. The Hall–Kier alpha value is -0.210. The summed E-state index contributed by atoms with van der Waals surface area (Å²) >= 11 is -3.91. The molecule has 0 rings (SSSR count). The van der Waals surface area contributed by atoms with Crippen LogP contribution >= 0.6 is 0 Å². The SMILES string of the molecule is O=S(O)C(F)(F)C(F)(F)CCCO. The highest BCUT2D eigenvalue weighted by Crippen LogP contribution is 2.39. The highest BCUT2D eigenvalue weighted by atomic mass is 32.2. The molecule has 0 aromatic carbocycles. The Bertz CT molecular complexity index is 196. The van der Waals surface area contributed by atoms with Crippen molar-refractivity contribution >= 4 is 11.1 Å². The van der Waals surface area contributed by atoms with Gasteiger partial charge in [0, 0.05) is 13.0 Å². The van der Waals surface area contributed by atoms with Crippen LogP contribution in [0, 0.1) is 0 Å². The number of hydrogen-bond donors (Lipinski definition) is 2. The van der Waals surface area contributed by atoms with E-state index in [2.05, 4.69) is 0 Å². The summed E-state index contributed by atoms with van der Waals surface area (Å²) in [7, 11) is 0. The van der Waals surface area contributed by atoms with E-state index in [1.807, 2.05) is 0 Å². The van der Waals surface area contributed by atoms with Crippen LogP contribution in [0.4, 0.5) is 17.6 Å². The summed E-state index contributed by atoms with van der Waals surface area (Å²) in [6.45, 7) is -0.677. The van der Waals surface area contributed by atoms with Crippen LogP contribution < -0.4 is 0 Å². The molecule has 0 radical (unpaired) electrons. The van der Waals surface area contributed by atoms with Crippen LogP contribution in [0.1, 0.15) is 12.8 Å². The lowest BCUT2D eigenvalue weighted by atomic mass is 10.2. The van der Waals surface area contributed by atoms with E-state index in [1.165, 1.54) is 0 Å². The summed E-state index contributed by atoms with van der Waals surface area (Å²) in [5.41, 5.74) is 0. The van der Waals surface area contributed by atoms with Crippen molar-refractivity contribution in [1.82, 2.24) is 0 Å². The predicted molar refractivity (Wildman–Crippen MR) is 37.0 cm³/mol. The summed E-state index contributed by atoms with van der Waals surface area (Å²) in [4.78, 5) is 0. The molecule has 0 spiro atoms. The molecule has 1 unspecified atom stereocenters. The Morgan fingerprint density at radius 2 is 1.69 bits per heavy atom. The van der Waals surface area contributed by atoms with E-state index in [-0.39, 0.29) is 0 Å². The lowest BCUT2D eigenvalue weighted by Gasteiger charge is -2.22. The van der Waals surface area contributed by atoms with Crippen LogP contribution in [0.2, 0.25) is 0 Å². The van der Waals surface area contributed by atoms with Crippen molar-refractivity contribution in [3.8, 4) is 0 Å². The topological polar surface area (TPSA) is 57.5 Å². The van der Waals surface area contributed by atoms with Gasteiger partial charge < -0.3 is 9.66 Å². The monoisotopic (exact) mass is 224 g/mol. The Morgan fingerprint density at radius 3 is 2.00 bits per heavy atom. The molecule has 0 aliphatic rings. The van der Waals surface area contributed by atoms with Gasteiger partial charge in [0.2, 0.25) is 11.1 Å². The molecule has 0 fully saturated rings. The fourth-order valence-electron chi connectivity index (χ4n) is 0.574. The number of aliphatic hydroxyl groups is 1. The largest absolute Gasteiger partial charge is 0.406 e. The van der Waals surface area contributed by atoms with Crippen molar-refractivity contribution in [2.75, 3.05) is 6.61 Å². The van der Waals surface area contributed by atoms with Crippen molar-refractivity contribution in [2.45, 2.75) is 24.0 Å². The zero-order valence-electron chi connectivity index (χ0n) is 6.34. The normalized spacial score (nSPS) is 15.8. The minimum absolute atomic E-state index is 0.556. The molecule has 13 heavy (non-hydrogen) atoms. The fourth-order valence-corrected chi connectivity index (χ4v) is 0.932. The maximum Gasteiger partial charge on any atom is 0.406 e. The summed E-state index contributed by atoms with van der Waals surface area (Å²) in [6, 6.07) is 0. The smallest absolute Gasteiger partial charge is 0.396 e. The number of halogens is 4. The Balaban J connectivity index is 4.50. The van der Waals surface area contributed by atoms with Crippen LogP contribution in [-0.4, -0.2) is 31.7 Å². The van der Waals surface area contributed by atoms with Gasteiger partial charge in [0.1, 0.15) is 0 Å². The molecule has 8 heteroatoms. The zero-order valence-corrected chi connectivity index (χ0v) is 7.16. The van der Waals surface area contributed by atoms with Crippen LogP contribution in [0.5, 0.6) is 0 Å². The average Bonchev–Trinajstić information content (AvgIpc) is 2.00. The molecule has 3 nitrogen and oxygen atoms in total. The van der Waals surface area contributed by atoms with Gasteiger partial charge >= 0.3 is 11.2 Å². The lowest BCUT2D eigenvalue weighted by molar-refractivity contribution is -0.162. The van der Waals surface area contributed by atoms with E-state index in [0.717, 1.165) is 0 Å². The van der Waals surface area contributed by atoms with Crippen molar-refractivity contribution in [3.63, 3.8) is 0 Å². The first-order valence-electron chi connectivity index (χ1n) is 3.23. The van der Waals surface area contributed by atoms with Gasteiger partial charge in [-0.1, -0.05) is 0 Å². The second-order valence-electron chi connectivity index (χ2n) is 2.30. The third-order valence-electron chi connectivity index (χ3n) is 1.29. The molecule has 0 aliphatic carbocycles. The van der Waals surface area contributed by atoms with Crippen LogP contribution in [-0.2, 0) is 11.1 Å². The van der Waals surface area contributed by atoms with E-state index < -0.39 is 41.7 Å². The fraction of sp³-hybridized carbons (Fsp3) is 1.00. The molecule has 0 heterocycles. The van der Waals surface area contributed by atoms with E-state index in [0.29, 0.717) is 0 Å². The maximum atomic E-state index is 12.4. The average molecular weight is 224 g/mol. The number of alkyl halides is 4. The number of rotatable bonds is 5. The van der Waals surface area contributed by atoms with E-state index >= 15 is 0 Å². The first kappa shape index (κ1) is 12.8. The first-order valence-corrected chi connectivity index (χ1v) is 4.34. The third kappa shape index (κ3) is 2.89. The van der Waals surface area contributed by atoms with Gasteiger partial charge in [-0.15, -0.1) is 0 Å². The number of hydrogen-bond acceptors (Lipinski definition) is 2. The lowest BCUT2D eigenvalue weighted by Crippen LogP contribution is -2.43. The van der Waals surface area contributed by atoms with Gasteiger partial charge in [0.05, 0.1) is 0 Å². The quantitative estimate of drug-likeness (QED) is 0.545. The first-order chi connectivity index (χ1) is 5.75. The van der Waals surface area contributed by atoms with Gasteiger partial charge in [-0.25, -0.2) is 4.21 Å². The molecule has 0 saturated carbocycles. The molecule has 2 N–H and O–H groups in total. The van der Waals surface area contributed by atoms with E-state index in [1.54, 1.807) is 0 Å². The summed E-state index contributed by atoms with van der Waals surface area (Å²) < 4.78 is 67.1. The van der Waals surface area contributed by atoms with Crippen LogP contribution in [0.25, 0.3) is 0 Å². The second kappa shape index (κ2) is 4.34.